The fourth-order valence-corrected chi connectivity index (χ4v) is 8.40. The Labute approximate surface area is 344 Å². The molecule has 0 atom stereocenters. The van der Waals surface area contributed by atoms with Crippen LogP contribution in [0.1, 0.15) is 0 Å². The van der Waals surface area contributed by atoms with E-state index in [0.717, 1.165) is 105 Å². The number of fused-ring (bicyclic) bond motifs is 7. The Bertz CT molecular complexity index is 3470. The van der Waals surface area contributed by atoms with E-state index in [2.05, 4.69) is 126 Å². The third kappa shape index (κ3) is 5.81. The van der Waals surface area contributed by atoms with Gasteiger partial charge in [0, 0.05) is 49.8 Å². The van der Waals surface area contributed by atoms with E-state index in [1.54, 1.807) is 0 Å². The maximum absolute atomic E-state index is 6.22. The van der Waals surface area contributed by atoms with Gasteiger partial charge in [0.1, 0.15) is 22.3 Å². The Morgan fingerprint density at radius 3 is 1.35 bits per heavy atom. The Balaban J connectivity index is 1.04. The Morgan fingerprint density at radius 1 is 0.283 bits per heavy atom. The van der Waals surface area contributed by atoms with Crippen LogP contribution in [0.2, 0.25) is 0 Å². The molecule has 4 aromatic heterocycles. The monoisotopic (exact) mass is 768 g/mol. The summed E-state index contributed by atoms with van der Waals surface area (Å²) in [4.78, 5) is 20.0. The zero-order valence-corrected chi connectivity index (χ0v) is 32.1. The first-order valence-corrected chi connectivity index (χ1v) is 19.9. The average molecular weight is 769 g/mol. The van der Waals surface area contributed by atoms with Crippen molar-refractivity contribution < 1.29 is 8.83 Å². The molecule has 0 unspecified atom stereocenters. The molecule has 0 aliphatic carbocycles. The highest BCUT2D eigenvalue weighted by Crippen LogP contribution is 2.39. The summed E-state index contributed by atoms with van der Waals surface area (Å²) >= 11 is 0. The molecule has 280 valence electrons. The smallest absolute Gasteiger partial charge is 0.164 e. The Kier molecular flexibility index (Phi) is 7.74. The van der Waals surface area contributed by atoms with Gasteiger partial charge in [-0.05, 0) is 100 Å². The summed E-state index contributed by atoms with van der Waals surface area (Å²) in [6.45, 7) is 0. The zero-order valence-electron chi connectivity index (χ0n) is 32.1. The predicted molar refractivity (Wildman–Crippen MR) is 242 cm³/mol. The molecular weight excluding hydrogens is 737 g/mol. The van der Waals surface area contributed by atoms with E-state index in [4.69, 9.17) is 23.8 Å². The third-order valence-electron chi connectivity index (χ3n) is 11.4. The summed E-state index contributed by atoms with van der Waals surface area (Å²) in [7, 11) is 0. The van der Waals surface area contributed by atoms with Crippen LogP contribution >= 0.6 is 0 Å². The highest BCUT2D eigenvalue weighted by molar-refractivity contribution is 6.08. The van der Waals surface area contributed by atoms with Crippen molar-refractivity contribution >= 4 is 54.8 Å². The van der Waals surface area contributed by atoms with Crippen LogP contribution in [0.3, 0.4) is 0 Å². The quantitative estimate of drug-likeness (QED) is 0.168. The minimum atomic E-state index is 0.579. The van der Waals surface area contributed by atoms with E-state index < -0.39 is 0 Å². The van der Waals surface area contributed by atoms with E-state index in [0.29, 0.717) is 17.5 Å². The Morgan fingerprint density at radius 2 is 0.733 bits per heavy atom. The highest BCUT2D eigenvalue weighted by atomic mass is 16.3. The molecule has 12 rings (SSSR count). The van der Waals surface area contributed by atoms with Gasteiger partial charge in [-0.2, -0.15) is 0 Å². The predicted octanol–water partition coefficient (Wildman–Crippen LogP) is 14.2. The number of hydrogen-bond donors (Lipinski definition) is 0. The van der Waals surface area contributed by atoms with Crippen molar-refractivity contribution in [3.8, 4) is 67.5 Å². The highest BCUT2D eigenvalue weighted by Gasteiger charge is 2.17. The van der Waals surface area contributed by atoms with E-state index in [1.807, 2.05) is 72.9 Å². The van der Waals surface area contributed by atoms with Crippen LogP contribution in [0.15, 0.2) is 203 Å². The number of benzene rings is 8. The van der Waals surface area contributed by atoms with E-state index in [-0.39, 0.29) is 0 Å². The van der Waals surface area contributed by atoms with Gasteiger partial charge in [0.2, 0.25) is 0 Å². The number of hydrogen-bond acceptors (Lipinski definition) is 6. The summed E-state index contributed by atoms with van der Waals surface area (Å²) in [5.41, 5.74) is 13.5. The number of rotatable bonds is 6. The van der Waals surface area contributed by atoms with Gasteiger partial charge in [0.15, 0.2) is 17.5 Å². The number of furan rings is 2. The summed E-state index contributed by atoms with van der Waals surface area (Å²) in [6.07, 6.45) is 1.86. The number of nitrogens with zero attached hydrogens (tertiary/aromatic N) is 4. The van der Waals surface area contributed by atoms with Gasteiger partial charge in [-0.25, -0.2) is 15.0 Å². The molecule has 0 bridgehead atoms. The first-order valence-electron chi connectivity index (χ1n) is 19.9. The summed E-state index contributed by atoms with van der Waals surface area (Å²) in [5, 5.41) is 5.41. The average Bonchev–Trinajstić information content (AvgIpc) is 3.89. The van der Waals surface area contributed by atoms with E-state index in [1.165, 1.54) is 0 Å². The van der Waals surface area contributed by atoms with Crippen LogP contribution in [-0.2, 0) is 0 Å². The third-order valence-corrected chi connectivity index (χ3v) is 11.4. The molecule has 0 spiro atoms. The molecule has 8 aromatic carbocycles. The van der Waals surface area contributed by atoms with E-state index in [9.17, 15) is 0 Å². The maximum atomic E-state index is 6.22. The van der Waals surface area contributed by atoms with Crippen LogP contribution in [0.25, 0.3) is 122 Å². The normalized spacial score (nSPS) is 11.7. The molecular formula is C54H32N4O2. The SMILES string of the molecule is c1ccc(-c2nc(-c3ccc(-c4ccnc5ccccc45)cc3)nc(-c3cc(-c4ccc5oc6ccccc6c5c4)cc(-c4ccc5oc6ccccc6c5c4)c3)n2)cc1. The second-order valence-electron chi connectivity index (χ2n) is 15.0. The van der Waals surface area contributed by atoms with Crippen LogP contribution < -0.4 is 0 Å². The van der Waals surface area contributed by atoms with Gasteiger partial charge in [0.25, 0.3) is 0 Å². The van der Waals surface area contributed by atoms with Crippen molar-refractivity contribution in [2.24, 2.45) is 0 Å². The summed E-state index contributed by atoms with van der Waals surface area (Å²) < 4.78 is 12.4. The number of pyridine rings is 1. The van der Waals surface area contributed by atoms with Gasteiger partial charge in [-0.3, -0.25) is 4.98 Å². The second-order valence-corrected chi connectivity index (χ2v) is 15.0. The fourth-order valence-electron chi connectivity index (χ4n) is 8.40. The lowest BCUT2D eigenvalue weighted by atomic mass is 9.94. The van der Waals surface area contributed by atoms with Crippen LogP contribution in [-0.4, -0.2) is 19.9 Å². The zero-order chi connectivity index (χ0) is 39.6. The first kappa shape index (κ1) is 33.9. The molecule has 60 heavy (non-hydrogen) atoms. The van der Waals surface area contributed by atoms with Gasteiger partial charge in [0.05, 0.1) is 5.52 Å². The van der Waals surface area contributed by atoms with Gasteiger partial charge >= 0.3 is 0 Å². The molecule has 0 amide bonds. The molecule has 6 heteroatoms. The lowest BCUT2D eigenvalue weighted by molar-refractivity contribution is 0.668. The van der Waals surface area contributed by atoms with Crippen molar-refractivity contribution in [2.45, 2.75) is 0 Å². The molecule has 6 nitrogen and oxygen atoms in total. The van der Waals surface area contributed by atoms with Gasteiger partial charge < -0.3 is 8.83 Å². The fraction of sp³-hybridized carbons (Fsp3) is 0. The molecule has 0 N–H and O–H groups in total. The topological polar surface area (TPSA) is 77.8 Å². The van der Waals surface area contributed by atoms with Crippen molar-refractivity contribution in [2.75, 3.05) is 0 Å². The van der Waals surface area contributed by atoms with Crippen LogP contribution in [0.5, 0.6) is 0 Å². The summed E-state index contributed by atoms with van der Waals surface area (Å²) in [5.74, 6) is 1.77. The van der Waals surface area contributed by atoms with Crippen molar-refractivity contribution in [1.29, 1.82) is 0 Å². The van der Waals surface area contributed by atoms with Crippen molar-refractivity contribution in [1.82, 2.24) is 19.9 Å². The standard InChI is InChI=1S/C54H32N4O2/c1-2-10-34(11-3-1)52-56-53(35-20-18-33(19-21-35)41-26-27-55-47-15-7-4-12-42(41)47)58-54(57-52)40-29-38(36-22-24-50-45(31-36)43-13-5-8-16-48(43)59-50)28-39(30-40)37-23-25-51-46(32-37)44-14-6-9-17-49(44)60-51/h1-32H. The van der Waals surface area contributed by atoms with Crippen molar-refractivity contribution in [3.05, 3.63) is 194 Å². The van der Waals surface area contributed by atoms with Gasteiger partial charge in [-0.1, -0.05) is 121 Å². The minimum absolute atomic E-state index is 0.579. The largest absolute Gasteiger partial charge is 0.456 e. The molecule has 0 fully saturated rings. The van der Waals surface area contributed by atoms with E-state index >= 15 is 0 Å². The molecule has 0 aliphatic rings. The summed E-state index contributed by atoms with van der Waals surface area (Å²) in [6, 6.07) is 64.6. The second kappa shape index (κ2) is 13.7. The molecule has 0 saturated carbocycles. The molecule has 0 radical (unpaired) electrons. The molecule has 0 saturated heterocycles. The number of para-hydroxylation sites is 3. The molecule has 0 aliphatic heterocycles. The van der Waals surface area contributed by atoms with Crippen LogP contribution in [0.4, 0.5) is 0 Å². The van der Waals surface area contributed by atoms with Crippen molar-refractivity contribution in [3.63, 3.8) is 0 Å². The van der Waals surface area contributed by atoms with Gasteiger partial charge in [-0.15, -0.1) is 0 Å². The number of aromatic nitrogens is 4. The Hall–Kier alpha value is -8.22. The maximum Gasteiger partial charge on any atom is 0.164 e. The lowest BCUT2D eigenvalue weighted by Crippen LogP contribution is -2.00. The molecule has 4 heterocycles. The van der Waals surface area contributed by atoms with Crippen LogP contribution in [0, 0.1) is 0 Å². The minimum Gasteiger partial charge on any atom is -0.456 e. The molecule has 12 aromatic rings. The first-order chi connectivity index (χ1) is 29.7. The lowest BCUT2D eigenvalue weighted by Gasteiger charge is -2.13.